The van der Waals surface area contributed by atoms with Crippen LogP contribution in [0.3, 0.4) is 0 Å². The second-order valence-electron chi connectivity index (χ2n) is 6.06. The van der Waals surface area contributed by atoms with Gasteiger partial charge in [-0.1, -0.05) is 70.7 Å². The summed E-state index contributed by atoms with van der Waals surface area (Å²) in [4.78, 5) is 0. The van der Waals surface area contributed by atoms with E-state index >= 15 is 0 Å². The summed E-state index contributed by atoms with van der Waals surface area (Å²) in [6, 6.07) is 11.7. The molecule has 1 atom stereocenters. The molecule has 29 heavy (non-hydrogen) atoms. The first-order valence-electron chi connectivity index (χ1n) is 7.90. The van der Waals surface area contributed by atoms with E-state index in [-0.39, 0.29) is 21.2 Å². The third kappa shape index (κ3) is 3.54. The highest BCUT2D eigenvalue weighted by atomic mass is 35.5. The van der Waals surface area contributed by atoms with Gasteiger partial charge < -0.3 is 10.2 Å². The van der Waals surface area contributed by atoms with Gasteiger partial charge in [-0.2, -0.15) is 8.42 Å². The van der Waals surface area contributed by atoms with Crippen molar-refractivity contribution in [2.45, 2.75) is 4.75 Å². The third-order valence-electron chi connectivity index (χ3n) is 4.42. The molecule has 0 saturated carbocycles. The lowest BCUT2D eigenvalue weighted by molar-refractivity contribution is 0.434. The summed E-state index contributed by atoms with van der Waals surface area (Å²) in [7, 11) is -5.14. The van der Waals surface area contributed by atoms with Crippen LogP contribution in [0.1, 0.15) is 16.7 Å². The van der Waals surface area contributed by atoms with Crippen molar-refractivity contribution in [3.8, 4) is 11.5 Å². The van der Waals surface area contributed by atoms with E-state index in [1.54, 1.807) is 0 Å². The van der Waals surface area contributed by atoms with Gasteiger partial charge in [0.15, 0.2) is 4.75 Å². The summed E-state index contributed by atoms with van der Waals surface area (Å²) in [6.07, 6.45) is 0. The molecule has 0 heterocycles. The number of hydrogen-bond acceptors (Lipinski definition) is 4. The smallest absolute Gasteiger partial charge is 0.283 e. The molecule has 0 saturated heterocycles. The second-order valence-corrected chi connectivity index (χ2v) is 9.22. The number of benzene rings is 3. The van der Waals surface area contributed by atoms with Crippen molar-refractivity contribution >= 4 is 56.5 Å². The average Bonchev–Trinajstić information content (AvgIpc) is 2.65. The number of halogens is 4. The molecule has 0 bridgehead atoms. The highest BCUT2D eigenvalue weighted by Gasteiger charge is 2.53. The lowest BCUT2D eigenvalue weighted by Gasteiger charge is -2.34. The van der Waals surface area contributed by atoms with Crippen molar-refractivity contribution < 1.29 is 23.2 Å². The number of aromatic hydroxyl groups is 2. The van der Waals surface area contributed by atoms with E-state index < -0.39 is 37.0 Å². The summed E-state index contributed by atoms with van der Waals surface area (Å²) < 4.78 is 33.9. The van der Waals surface area contributed by atoms with Gasteiger partial charge in [0.1, 0.15) is 11.5 Å². The first kappa shape index (κ1) is 22.0. The Labute approximate surface area is 186 Å². The van der Waals surface area contributed by atoms with Gasteiger partial charge >= 0.3 is 0 Å². The molecule has 0 aliphatic heterocycles. The van der Waals surface area contributed by atoms with Crippen LogP contribution < -0.4 is 0 Å². The molecule has 1 unspecified atom stereocenters. The summed E-state index contributed by atoms with van der Waals surface area (Å²) in [5.41, 5.74) is -0.719. The maximum Gasteiger partial charge on any atom is 0.283 e. The molecule has 0 aliphatic rings. The largest absolute Gasteiger partial charge is 0.508 e. The monoisotopic (exact) mass is 492 g/mol. The normalized spacial score (nSPS) is 13.8. The summed E-state index contributed by atoms with van der Waals surface area (Å²) >= 11 is 24.6. The molecular formula is C19H12Cl4O5S. The minimum absolute atomic E-state index is 0.00178. The standard InChI is InChI=1S/C19H12Cl4O5S/c20-11-6-4-10(5-7-11)19(29(26,27)28,12-2-1-3-13(21)17(12)22)16-14(24)8-9-15(25)18(16)23/h1-9,24-25H,(H,26,27,28). The second kappa shape index (κ2) is 7.87. The Bertz CT molecular complexity index is 1200. The van der Waals surface area contributed by atoms with E-state index in [4.69, 9.17) is 46.4 Å². The van der Waals surface area contributed by atoms with Gasteiger partial charge in [0.25, 0.3) is 10.1 Å². The zero-order valence-corrected chi connectivity index (χ0v) is 18.1. The average molecular weight is 494 g/mol. The van der Waals surface area contributed by atoms with Crippen LogP contribution in [0.5, 0.6) is 11.5 Å². The third-order valence-corrected chi connectivity index (χ3v) is 7.31. The maximum atomic E-state index is 13.0. The highest BCUT2D eigenvalue weighted by molar-refractivity contribution is 7.87. The Morgan fingerprint density at radius 3 is 1.93 bits per heavy atom. The highest BCUT2D eigenvalue weighted by Crippen LogP contribution is 2.53. The number of phenolic OH excluding ortho intramolecular Hbond substituents is 2. The van der Waals surface area contributed by atoms with E-state index in [1.807, 2.05) is 0 Å². The van der Waals surface area contributed by atoms with E-state index in [2.05, 4.69) is 0 Å². The van der Waals surface area contributed by atoms with Crippen LogP contribution in [-0.4, -0.2) is 23.2 Å². The Hall–Kier alpha value is -1.67. The van der Waals surface area contributed by atoms with E-state index in [9.17, 15) is 23.2 Å². The van der Waals surface area contributed by atoms with Crippen LogP contribution >= 0.6 is 46.4 Å². The molecular weight excluding hydrogens is 482 g/mol. The maximum absolute atomic E-state index is 13.0. The van der Waals surface area contributed by atoms with Gasteiger partial charge in [-0.15, -0.1) is 0 Å². The van der Waals surface area contributed by atoms with Crippen molar-refractivity contribution in [3.05, 3.63) is 91.4 Å². The molecule has 0 radical (unpaired) electrons. The Morgan fingerprint density at radius 2 is 1.34 bits per heavy atom. The molecule has 3 aromatic carbocycles. The molecule has 3 N–H and O–H groups in total. The van der Waals surface area contributed by atoms with Crippen molar-refractivity contribution in [2.24, 2.45) is 0 Å². The van der Waals surface area contributed by atoms with Crippen LogP contribution in [0.2, 0.25) is 20.1 Å². The van der Waals surface area contributed by atoms with Gasteiger partial charge in [-0.25, -0.2) is 0 Å². The molecule has 0 aliphatic carbocycles. The molecule has 0 spiro atoms. The molecule has 5 nitrogen and oxygen atoms in total. The van der Waals surface area contributed by atoms with Gasteiger partial charge in [-0.3, -0.25) is 4.55 Å². The molecule has 0 fully saturated rings. The molecule has 0 aromatic heterocycles. The Kier molecular flexibility index (Phi) is 5.98. The lowest BCUT2D eigenvalue weighted by atomic mass is 9.83. The first-order valence-corrected chi connectivity index (χ1v) is 10.9. The predicted octanol–water partition coefficient (Wildman–Crippen LogP) is 5.89. The van der Waals surface area contributed by atoms with Crippen molar-refractivity contribution in [1.82, 2.24) is 0 Å². The van der Waals surface area contributed by atoms with Crippen molar-refractivity contribution in [1.29, 1.82) is 0 Å². The van der Waals surface area contributed by atoms with Crippen LogP contribution in [-0.2, 0) is 14.9 Å². The number of phenols is 2. The van der Waals surface area contributed by atoms with Crippen LogP contribution in [0.15, 0.2) is 54.6 Å². The minimum atomic E-state index is -5.14. The zero-order valence-electron chi connectivity index (χ0n) is 14.3. The SMILES string of the molecule is O=S(=O)(O)C(c1ccc(Cl)cc1)(c1cccc(Cl)c1Cl)c1c(O)ccc(O)c1Cl. The van der Waals surface area contributed by atoms with E-state index in [1.165, 1.54) is 42.5 Å². The Balaban J connectivity index is 2.65. The van der Waals surface area contributed by atoms with Gasteiger partial charge in [0, 0.05) is 16.1 Å². The lowest BCUT2D eigenvalue weighted by Crippen LogP contribution is -2.39. The summed E-state index contributed by atoms with van der Waals surface area (Å²) in [5, 5.41) is 20.3. The molecule has 10 heteroatoms. The minimum Gasteiger partial charge on any atom is -0.508 e. The van der Waals surface area contributed by atoms with Crippen LogP contribution in [0.25, 0.3) is 0 Å². The van der Waals surface area contributed by atoms with Gasteiger partial charge in [-0.05, 0) is 35.9 Å². The molecule has 0 amide bonds. The van der Waals surface area contributed by atoms with Gasteiger partial charge in [0.05, 0.1) is 15.1 Å². The summed E-state index contributed by atoms with van der Waals surface area (Å²) in [5.74, 6) is -1.11. The van der Waals surface area contributed by atoms with Crippen LogP contribution in [0.4, 0.5) is 0 Å². The quantitative estimate of drug-likeness (QED) is 0.239. The van der Waals surface area contributed by atoms with E-state index in [0.717, 1.165) is 12.1 Å². The number of rotatable bonds is 4. The fraction of sp³-hybridized carbons (Fsp3) is 0.0526. The molecule has 3 aromatic rings. The fourth-order valence-corrected chi connectivity index (χ4v) is 5.53. The first-order chi connectivity index (χ1) is 13.5. The topological polar surface area (TPSA) is 94.8 Å². The van der Waals surface area contributed by atoms with Crippen molar-refractivity contribution in [3.63, 3.8) is 0 Å². The van der Waals surface area contributed by atoms with Gasteiger partial charge in [0.2, 0.25) is 0 Å². The van der Waals surface area contributed by atoms with Crippen LogP contribution in [0, 0.1) is 0 Å². The molecule has 3 rings (SSSR count). The molecule has 152 valence electrons. The zero-order chi connectivity index (χ0) is 21.6. The summed E-state index contributed by atoms with van der Waals surface area (Å²) in [6.45, 7) is 0. The number of hydrogen-bond donors (Lipinski definition) is 3. The Morgan fingerprint density at radius 1 is 0.759 bits per heavy atom. The fourth-order valence-electron chi connectivity index (χ4n) is 3.20. The van der Waals surface area contributed by atoms with Crippen molar-refractivity contribution in [2.75, 3.05) is 0 Å². The van der Waals surface area contributed by atoms with E-state index in [0.29, 0.717) is 5.02 Å². The predicted molar refractivity (Wildman–Crippen MR) is 114 cm³/mol.